The van der Waals surface area contributed by atoms with Crippen LogP contribution >= 0.6 is 0 Å². The predicted octanol–water partition coefficient (Wildman–Crippen LogP) is 0.700. The Morgan fingerprint density at radius 1 is 1.33 bits per heavy atom. The number of carboxylic acid groups (broad SMARTS) is 1. The lowest BCUT2D eigenvalue weighted by Crippen LogP contribution is -2.63. The summed E-state index contributed by atoms with van der Waals surface area (Å²) in [5.74, 6) is -2.75. The molecule has 0 radical (unpaired) electrons. The molecule has 0 bridgehead atoms. The molecule has 4 aliphatic heterocycles. The van der Waals surface area contributed by atoms with Gasteiger partial charge in [0.25, 0.3) is 0 Å². The number of carboxylic acids is 1. The minimum Gasteiger partial charge on any atom is -0.477 e. The summed E-state index contributed by atoms with van der Waals surface area (Å²) in [5, 5.41) is 19.8. The number of carbonyl (C=O) groups excluding carboxylic acids is 1. The number of nitrogens with zero attached hydrogens (tertiary/aromatic N) is 3. The zero-order valence-corrected chi connectivity index (χ0v) is 17.5. The van der Waals surface area contributed by atoms with Crippen LogP contribution in [-0.4, -0.2) is 60.6 Å². The largest absolute Gasteiger partial charge is 0.477 e. The maximum absolute atomic E-state index is 13.3. The van der Waals surface area contributed by atoms with Crippen LogP contribution in [-0.2, 0) is 26.2 Å². The van der Waals surface area contributed by atoms with E-state index in [9.17, 15) is 28.2 Å². The van der Waals surface area contributed by atoms with E-state index in [1.54, 1.807) is 13.0 Å². The van der Waals surface area contributed by atoms with Crippen LogP contribution in [0.4, 0.5) is 11.4 Å². The monoisotopic (exact) mass is 433 g/mol. The van der Waals surface area contributed by atoms with Crippen molar-refractivity contribution in [1.82, 2.24) is 4.90 Å². The molecule has 1 fully saturated rings. The summed E-state index contributed by atoms with van der Waals surface area (Å²) in [6.45, 7) is 3.56. The fourth-order valence-electron chi connectivity index (χ4n) is 5.44. The molecule has 0 unspecified atom stereocenters. The van der Waals surface area contributed by atoms with Gasteiger partial charge in [-0.1, -0.05) is 19.1 Å². The second-order valence-electron chi connectivity index (χ2n) is 8.41. The summed E-state index contributed by atoms with van der Waals surface area (Å²) in [4.78, 5) is 25.8. The second kappa shape index (κ2) is 6.21. The fraction of sp³-hybridized carbons (Fsp3) is 0.500. The lowest BCUT2D eigenvalue weighted by molar-refractivity contribution is -0.163. The maximum atomic E-state index is 13.3. The van der Waals surface area contributed by atoms with Gasteiger partial charge in [0.1, 0.15) is 5.70 Å². The molecule has 4 atom stereocenters. The van der Waals surface area contributed by atoms with Crippen LogP contribution in [0, 0.1) is 11.8 Å². The Labute approximate surface area is 174 Å². The van der Waals surface area contributed by atoms with Crippen LogP contribution in [0.1, 0.15) is 25.8 Å². The van der Waals surface area contributed by atoms with Crippen molar-refractivity contribution in [1.29, 1.82) is 0 Å². The number of aliphatic carboxylic acids is 1. The van der Waals surface area contributed by atoms with Gasteiger partial charge in [-0.05, 0) is 37.0 Å². The SMILES string of the molecule is C[C@@H](O)[C@H]1C(=O)N2C(C(=O)O)=C(CN3c4cccc5c4N(CCC5)S3(=O)=O)[C@H](C)[C@H]12. The van der Waals surface area contributed by atoms with Crippen LogP contribution in [0.5, 0.6) is 0 Å². The first-order valence-corrected chi connectivity index (χ1v) is 11.5. The normalized spacial score (nSPS) is 29.6. The van der Waals surface area contributed by atoms with Crippen molar-refractivity contribution in [2.45, 2.75) is 38.8 Å². The third-order valence-corrected chi connectivity index (χ3v) is 8.62. The van der Waals surface area contributed by atoms with Crippen LogP contribution in [0.3, 0.4) is 0 Å². The van der Waals surface area contributed by atoms with Gasteiger partial charge in [0.05, 0.1) is 36.0 Å². The molecule has 0 aliphatic carbocycles. The van der Waals surface area contributed by atoms with Gasteiger partial charge in [-0.2, -0.15) is 8.42 Å². The van der Waals surface area contributed by atoms with Gasteiger partial charge in [-0.3, -0.25) is 9.10 Å². The maximum Gasteiger partial charge on any atom is 0.352 e. The number of aliphatic hydroxyl groups is 1. The first-order valence-electron chi connectivity index (χ1n) is 10.1. The minimum atomic E-state index is -3.84. The van der Waals surface area contributed by atoms with E-state index >= 15 is 0 Å². The molecule has 0 saturated carbocycles. The number of β-lactam (4-membered cyclic amide) rings is 1. The molecule has 160 valence electrons. The Kier molecular flexibility index (Phi) is 4.01. The molecule has 1 amide bonds. The van der Waals surface area contributed by atoms with E-state index in [1.165, 1.54) is 20.4 Å². The lowest BCUT2D eigenvalue weighted by Gasteiger charge is -2.46. The zero-order valence-electron chi connectivity index (χ0n) is 16.6. The number of anilines is 2. The van der Waals surface area contributed by atoms with Gasteiger partial charge in [-0.15, -0.1) is 0 Å². The van der Waals surface area contributed by atoms with E-state index < -0.39 is 40.1 Å². The van der Waals surface area contributed by atoms with Crippen molar-refractivity contribution in [3.8, 4) is 0 Å². The molecule has 1 aromatic carbocycles. The van der Waals surface area contributed by atoms with E-state index in [1.807, 2.05) is 12.1 Å². The number of fused-ring (bicyclic) bond motifs is 1. The highest BCUT2D eigenvalue weighted by atomic mass is 32.2. The van der Waals surface area contributed by atoms with Crippen molar-refractivity contribution < 1.29 is 28.2 Å². The molecular weight excluding hydrogens is 410 g/mol. The summed E-state index contributed by atoms with van der Waals surface area (Å²) in [6.07, 6.45) is 0.616. The molecule has 4 heterocycles. The van der Waals surface area contributed by atoms with E-state index in [2.05, 4.69) is 0 Å². The number of amides is 1. The number of hydrogen-bond donors (Lipinski definition) is 2. The highest BCUT2D eigenvalue weighted by Gasteiger charge is 2.60. The van der Waals surface area contributed by atoms with Crippen molar-refractivity contribution in [2.75, 3.05) is 21.7 Å². The second-order valence-corrected chi connectivity index (χ2v) is 10.2. The van der Waals surface area contributed by atoms with E-state index in [0.29, 0.717) is 23.5 Å². The Balaban J connectivity index is 1.59. The van der Waals surface area contributed by atoms with Gasteiger partial charge in [0, 0.05) is 12.5 Å². The highest BCUT2D eigenvalue weighted by Crippen LogP contribution is 2.50. The topological polar surface area (TPSA) is 118 Å². The van der Waals surface area contributed by atoms with Crippen LogP contribution < -0.4 is 8.61 Å². The summed E-state index contributed by atoms with van der Waals surface area (Å²) in [7, 11) is -3.84. The average Bonchev–Trinajstić information content (AvgIpc) is 3.05. The van der Waals surface area contributed by atoms with Gasteiger partial charge < -0.3 is 15.1 Å². The van der Waals surface area contributed by atoms with Crippen molar-refractivity contribution in [3.63, 3.8) is 0 Å². The third-order valence-electron chi connectivity index (χ3n) is 6.81. The first kappa shape index (κ1) is 19.4. The molecule has 0 spiro atoms. The summed E-state index contributed by atoms with van der Waals surface area (Å²) in [5.41, 5.74) is 2.42. The lowest BCUT2D eigenvalue weighted by atomic mass is 9.78. The molecule has 2 N–H and O–H groups in total. The molecule has 5 rings (SSSR count). The van der Waals surface area contributed by atoms with Gasteiger partial charge in [0.2, 0.25) is 5.91 Å². The molecule has 0 aromatic heterocycles. The average molecular weight is 433 g/mol. The standard InChI is InChI=1S/C20H23N3O6S/c1-10-13(18(20(26)27)23-16(10)15(11(2)24)19(23)25)9-22-14-7-3-5-12-6-4-8-21(17(12)14)30(22,28)29/h3,5,7,10-11,15-16,24H,4,6,8-9H2,1-2H3,(H,26,27)/t10-,11+,15+,16+/m0/s1. The summed E-state index contributed by atoms with van der Waals surface area (Å²) >= 11 is 0. The number of aryl methyl sites for hydroxylation is 1. The highest BCUT2D eigenvalue weighted by molar-refractivity contribution is 7.94. The molecule has 10 heteroatoms. The van der Waals surface area contributed by atoms with Crippen molar-refractivity contribution in [2.24, 2.45) is 11.8 Å². The Morgan fingerprint density at radius 2 is 2.07 bits per heavy atom. The Bertz CT molecular complexity index is 1110. The molecule has 30 heavy (non-hydrogen) atoms. The quantitative estimate of drug-likeness (QED) is 0.675. The van der Waals surface area contributed by atoms with Crippen LogP contribution in [0.25, 0.3) is 0 Å². The predicted molar refractivity (Wildman–Crippen MR) is 108 cm³/mol. The number of aliphatic hydroxyl groups excluding tert-OH is 1. The van der Waals surface area contributed by atoms with E-state index in [-0.39, 0.29) is 18.2 Å². The molecule has 4 aliphatic rings. The Morgan fingerprint density at radius 3 is 2.73 bits per heavy atom. The van der Waals surface area contributed by atoms with E-state index in [4.69, 9.17) is 0 Å². The molecule has 1 aromatic rings. The van der Waals surface area contributed by atoms with Gasteiger partial charge in [0.15, 0.2) is 0 Å². The third kappa shape index (κ3) is 2.28. The van der Waals surface area contributed by atoms with Crippen LogP contribution in [0.15, 0.2) is 29.5 Å². The molecule has 1 saturated heterocycles. The smallest absolute Gasteiger partial charge is 0.352 e. The molecular formula is C20H23N3O6S. The van der Waals surface area contributed by atoms with Crippen molar-refractivity contribution in [3.05, 3.63) is 35.0 Å². The number of benzene rings is 1. The summed E-state index contributed by atoms with van der Waals surface area (Å²) in [6, 6.07) is 5.00. The zero-order chi connectivity index (χ0) is 21.5. The van der Waals surface area contributed by atoms with Gasteiger partial charge >= 0.3 is 16.2 Å². The van der Waals surface area contributed by atoms with E-state index in [0.717, 1.165) is 18.4 Å². The number of hydrogen-bond acceptors (Lipinski definition) is 5. The number of rotatable bonds is 4. The van der Waals surface area contributed by atoms with Gasteiger partial charge in [-0.25, -0.2) is 9.10 Å². The first-order chi connectivity index (χ1) is 14.2. The number of carbonyl (C=O) groups is 2. The minimum absolute atomic E-state index is 0.134. The van der Waals surface area contributed by atoms with Crippen LogP contribution in [0.2, 0.25) is 0 Å². The Hall–Kier alpha value is -2.59. The summed E-state index contributed by atoms with van der Waals surface area (Å²) < 4.78 is 29.3. The fourth-order valence-corrected chi connectivity index (χ4v) is 7.18. The molecule has 9 nitrogen and oxygen atoms in total. The van der Waals surface area contributed by atoms with Crippen molar-refractivity contribution >= 4 is 33.5 Å². The number of para-hydroxylation sites is 1.